The second-order valence-corrected chi connectivity index (χ2v) is 19.1. The van der Waals surface area contributed by atoms with Gasteiger partial charge >= 0.3 is 5.97 Å². The van der Waals surface area contributed by atoms with Crippen molar-refractivity contribution in [1.29, 1.82) is 0 Å². The minimum absolute atomic E-state index is 0.182. The predicted molar refractivity (Wildman–Crippen MR) is 182 cm³/mol. The smallest absolute Gasteiger partial charge is 0.333 e. The number of rotatable bonds is 8. The number of hydrogen-bond donors (Lipinski definition) is 1. The number of thioether (sulfide) groups is 2. The molecule has 234 valence electrons. The van der Waals surface area contributed by atoms with Crippen LogP contribution >= 0.6 is 23.5 Å². The van der Waals surface area contributed by atoms with Gasteiger partial charge in [0.2, 0.25) is 0 Å². The Morgan fingerprint density at radius 2 is 1.05 bits per heavy atom. The fourth-order valence-corrected chi connectivity index (χ4v) is 7.24. The molecule has 0 unspecified atom stereocenters. The summed E-state index contributed by atoms with van der Waals surface area (Å²) in [5.74, 6) is 0.770. The summed E-state index contributed by atoms with van der Waals surface area (Å²) >= 11 is 3.65. The Bertz CT molecular complexity index is 1220. The standard InChI is InChI=1S/C36H54O4S2/c1-16-39-29(37)17-18-40-31-27(34(8,9)10)21-24(22-28(31)35(11,12)13)42-36(14,15)41-23-19-25(32(2,3)4)30(38)26(20-23)33(5,6)7/h17-22,38H,16H2,1-15H3. The quantitative estimate of drug-likeness (QED) is 0.105. The van der Waals surface area contributed by atoms with Crippen molar-refractivity contribution >= 4 is 29.5 Å². The van der Waals surface area contributed by atoms with E-state index in [1.54, 1.807) is 6.92 Å². The third kappa shape index (κ3) is 9.74. The van der Waals surface area contributed by atoms with Crippen molar-refractivity contribution in [1.82, 2.24) is 0 Å². The van der Waals surface area contributed by atoms with Gasteiger partial charge in [0.15, 0.2) is 0 Å². The number of phenols is 1. The fraction of sp³-hybridized carbons (Fsp3) is 0.583. The number of benzene rings is 2. The van der Waals surface area contributed by atoms with Gasteiger partial charge in [-0.25, -0.2) is 4.79 Å². The number of esters is 1. The Labute approximate surface area is 264 Å². The highest BCUT2D eigenvalue weighted by Crippen LogP contribution is 2.51. The highest BCUT2D eigenvalue weighted by Gasteiger charge is 2.32. The number of carbonyl (C=O) groups excluding carboxylic acids is 1. The second-order valence-electron chi connectivity index (χ2n) is 15.5. The van der Waals surface area contributed by atoms with Crippen molar-refractivity contribution < 1.29 is 19.4 Å². The van der Waals surface area contributed by atoms with Gasteiger partial charge in [-0.2, -0.15) is 0 Å². The van der Waals surface area contributed by atoms with Crippen molar-refractivity contribution in [3.05, 3.63) is 58.9 Å². The van der Waals surface area contributed by atoms with E-state index >= 15 is 0 Å². The van der Waals surface area contributed by atoms with Gasteiger partial charge in [-0.05, 0) is 66.7 Å². The number of ether oxygens (including phenoxy) is 2. The van der Waals surface area contributed by atoms with Gasteiger partial charge in [0.05, 0.1) is 23.0 Å². The lowest BCUT2D eigenvalue weighted by Gasteiger charge is -2.32. The first-order valence-corrected chi connectivity index (χ1v) is 16.4. The van der Waals surface area contributed by atoms with Crippen molar-refractivity contribution in [3.63, 3.8) is 0 Å². The molecule has 0 fully saturated rings. The minimum atomic E-state index is -0.420. The molecule has 0 radical (unpaired) electrons. The first-order valence-electron chi connectivity index (χ1n) is 14.8. The summed E-state index contributed by atoms with van der Waals surface area (Å²) in [7, 11) is 0. The van der Waals surface area contributed by atoms with E-state index < -0.39 is 5.97 Å². The molecule has 0 amide bonds. The molecule has 2 aromatic carbocycles. The monoisotopic (exact) mass is 614 g/mol. The minimum Gasteiger partial charge on any atom is -0.507 e. The number of hydrogen-bond acceptors (Lipinski definition) is 6. The molecule has 0 spiro atoms. The molecule has 0 heterocycles. The molecule has 0 saturated heterocycles. The average molecular weight is 615 g/mol. The molecular weight excluding hydrogens is 561 g/mol. The van der Waals surface area contributed by atoms with Gasteiger partial charge < -0.3 is 14.6 Å². The molecule has 1 N–H and O–H groups in total. The molecule has 0 aliphatic heterocycles. The number of phenolic OH excluding ortho intramolecular Hbond substituents is 1. The predicted octanol–water partition coefficient (Wildman–Crippen LogP) is 10.7. The molecule has 4 nitrogen and oxygen atoms in total. The SMILES string of the molecule is CCOC(=O)C=COc1c(C(C)(C)C)cc(SC(C)(C)Sc2cc(C(C)(C)C)c(O)c(C(C)(C)C)c2)cc1C(C)(C)C. The van der Waals surface area contributed by atoms with E-state index in [1.807, 2.05) is 23.5 Å². The van der Waals surface area contributed by atoms with Gasteiger partial charge in [-0.3, -0.25) is 0 Å². The van der Waals surface area contributed by atoms with Gasteiger partial charge in [0.25, 0.3) is 0 Å². The summed E-state index contributed by atoms with van der Waals surface area (Å²) in [5.41, 5.74) is 3.36. The lowest BCUT2D eigenvalue weighted by Crippen LogP contribution is -2.20. The first kappa shape index (κ1) is 36.1. The molecule has 6 heteroatoms. The molecule has 0 bridgehead atoms. The average Bonchev–Trinajstić information content (AvgIpc) is 2.77. The van der Waals surface area contributed by atoms with Crippen LogP contribution in [0.3, 0.4) is 0 Å². The third-order valence-electron chi connectivity index (χ3n) is 6.78. The van der Waals surface area contributed by atoms with Gasteiger partial charge in [0, 0.05) is 32.0 Å². The lowest BCUT2D eigenvalue weighted by molar-refractivity contribution is -0.137. The topological polar surface area (TPSA) is 55.8 Å². The molecule has 0 aromatic heterocycles. The Balaban J connectivity index is 2.60. The van der Waals surface area contributed by atoms with E-state index in [2.05, 4.69) is 121 Å². The molecule has 0 saturated carbocycles. The summed E-state index contributed by atoms with van der Waals surface area (Å²) in [5, 5.41) is 11.2. The molecule has 2 rings (SSSR count). The largest absolute Gasteiger partial charge is 0.507 e. The van der Waals surface area contributed by atoms with E-state index in [0.717, 1.165) is 37.8 Å². The van der Waals surface area contributed by atoms with Crippen LogP contribution in [0.25, 0.3) is 0 Å². The fourth-order valence-electron chi connectivity index (χ4n) is 4.65. The highest BCUT2D eigenvalue weighted by atomic mass is 32.2. The van der Waals surface area contributed by atoms with Crippen molar-refractivity contribution in [3.8, 4) is 11.5 Å². The zero-order chi connectivity index (χ0) is 32.5. The van der Waals surface area contributed by atoms with Gasteiger partial charge in [-0.15, -0.1) is 23.5 Å². The van der Waals surface area contributed by atoms with E-state index in [1.165, 1.54) is 12.3 Å². The van der Waals surface area contributed by atoms with Gasteiger partial charge in [-0.1, -0.05) is 83.1 Å². The zero-order valence-corrected chi connectivity index (χ0v) is 30.3. The summed E-state index contributed by atoms with van der Waals surface area (Å²) in [6, 6.07) is 8.78. The normalized spacial score (nSPS) is 13.5. The summed E-state index contributed by atoms with van der Waals surface area (Å²) in [6.07, 6.45) is 2.77. The Kier molecular flexibility index (Phi) is 11.1. The van der Waals surface area contributed by atoms with Crippen LogP contribution in [0, 0.1) is 0 Å². The molecule has 0 atom stereocenters. The summed E-state index contributed by atoms with van der Waals surface area (Å²) in [6.45, 7) is 32.6. The Morgan fingerprint density at radius 3 is 1.38 bits per heavy atom. The van der Waals surface area contributed by atoms with E-state index in [0.29, 0.717) is 12.4 Å². The molecular formula is C36H54O4S2. The summed E-state index contributed by atoms with van der Waals surface area (Å²) in [4.78, 5) is 14.2. The Morgan fingerprint density at radius 1 is 0.690 bits per heavy atom. The van der Waals surface area contributed by atoms with Crippen LogP contribution in [-0.4, -0.2) is 21.8 Å². The van der Waals surface area contributed by atoms with Crippen LogP contribution in [-0.2, 0) is 31.2 Å². The Hall–Kier alpha value is -2.05. The van der Waals surface area contributed by atoms with Crippen LogP contribution in [0.2, 0.25) is 0 Å². The maximum absolute atomic E-state index is 11.9. The first-order chi connectivity index (χ1) is 18.9. The van der Waals surface area contributed by atoms with Gasteiger partial charge in [0.1, 0.15) is 11.5 Å². The van der Waals surface area contributed by atoms with E-state index in [9.17, 15) is 9.90 Å². The number of aromatic hydroxyl groups is 1. The molecule has 0 aliphatic carbocycles. The lowest BCUT2D eigenvalue weighted by atomic mass is 9.79. The second kappa shape index (κ2) is 12.9. The zero-order valence-electron chi connectivity index (χ0n) is 28.7. The molecule has 0 aliphatic rings. The summed E-state index contributed by atoms with van der Waals surface area (Å²) < 4.78 is 11.0. The highest BCUT2D eigenvalue weighted by molar-refractivity contribution is 8.18. The maximum atomic E-state index is 11.9. The van der Waals surface area contributed by atoms with Crippen molar-refractivity contribution in [2.24, 2.45) is 0 Å². The van der Waals surface area contributed by atoms with E-state index in [4.69, 9.17) is 9.47 Å². The van der Waals surface area contributed by atoms with Crippen LogP contribution in [0.1, 0.15) is 126 Å². The van der Waals surface area contributed by atoms with Crippen molar-refractivity contribution in [2.75, 3.05) is 6.61 Å². The van der Waals surface area contributed by atoms with Crippen LogP contribution in [0.4, 0.5) is 0 Å². The van der Waals surface area contributed by atoms with Crippen LogP contribution in [0.5, 0.6) is 11.5 Å². The van der Waals surface area contributed by atoms with E-state index in [-0.39, 0.29) is 25.7 Å². The number of carbonyl (C=O) groups is 1. The van der Waals surface area contributed by atoms with Crippen LogP contribution < -0.4 is 4.74 Å². The van der Waals surface area contributed by atoms with Crippen molar-refractivity contribution in [2.45, 2.75) is 139 Å². The van der Waals surface area contributed by atoms with Crippen LogP contribution in [0.15, 0.2) is 46.4 Å². The molecule has 2 aromatic rings. The third-order valence-corrected chi connectivity index (χ3v) is 9.21. The maximum Gasteiger partial charge on any atom is 0.333 e. The molecule has 42 heavy (non-hydrogen) atoms.